The van der Waals surface area contributed by atoms with Crippen LogP contribution in [0.15, 0.2) is 0 Å². The summed E-state index contributed by atoms with van der Waals surface area (Å²) in [6.45, 7) is 1.82. The highest BCUT2D eigenvalue weighted by atomic mass is 16.3. The summed E-state index contributed by atoms with van der Waals surface area (Å²) in [5.41, 5.74) is 0. The molecule has 0 aromatic rings. The Morgan fingerprint density at radius 3 is 2.47 bits per heavy atom. The number of nitrogens with zero attached hydrogens (tertiary/aromatic N) is 1. The van der Waals surface area contributed by atoms with Crippen molar-refractivity contribution in [2.75, 3.05) is 13.1 Å². The molecule has 1 aliphatic heterocycles. The van der Waals surface area contributed by atoms with Crippen LogP contribution in [0.5, 0.6) is 0 Å². The molecule has 0 spiro atoms. The Kier molecular flexibility index (Phi) is 4.00. The zero-order valence-electron chi connectivity index (χ0n) is 9.44. The maximum atomic E-state index is 10.1. The number of aliphatic hydroxyl groups excluding tert-OH is 2. The lowest BCUT2D eigenvalue weighted by atomic mass is 9.99. The average Bonchev–Trinajstić information content (AvgIpc) is 2.43. The standard InChI is InChI=1S/C12H23NO2/c14-10-5-4-8-13(9-10)11-6-2-1-3-7-12(11)15/h10-12,14-15H,1-9H2. The van der Waals surface area contributed by atoms with E-state index in [1.807, 2.05) is 0 Å². The molecule has 88 valence electrons. The van der Waals surface area contributed by atoms with Crippen LogP contribution in [0.1, 0.15) is 44.9 Å². The van der Waals surface area contributed by atoms with Crippen LogP contribution in [0.2, 0.25) is 0 Å². The quantitative estimate of drug-likeness (QED) is 0.642. The monoisotopic (exact) mass is 213 g/mol. The summed E-state index contributed by atoms with van der Waals surface area (Å²) in [7, 11) is 0. The smallest absolute Gasteiger partial charge is 0.0695 e. The third-order valence-electron chi connectivity index (χ3n) is 3.84. The minimum Gasteiger partial charge on any atom is -0.392 e. The Bertz CT molecular complexity index is 198. The van der Waals surface area contributed by atoms with Gasteiger partial charge in [-0.3, -0.25) is 4.90 Å². The van der Waals surface area contributed by atoms with Crippen LogP contribution in [0.4, 0.5) is 0 Å². The summed E-state index contributed by atoms with van der Waals surface area (Å²) in [5, 5.41) is 19.7. The molecule has 3 nitrogen and oxygen atoms in total. The lowest BCUT2D eigenvalue weighted by Gasteiger charge is -2.38. The van der Waals surface area contributed by atoms with Crippen molar-refractivity contribution in [3.8, 4) is 0 Å². The van der Waals surface area contributed by atoms with E-state index in [0.29, 0.717) is 6.04 Å². The van der Waals surface area contributed by atoms with E-state index >= 15 is 0 Å². The molecule has 0 aromatic carbocycles. The molecule has 2 aliphatic rings. The van der Waals surface area contributed by atoms with Crippen LogP contribution in [0, 0.1) is 0 Å². The van der Waals surface area contributed by atoms with Crippen molar-refractivity contribution < 1.29 is 10.2 Å². The first-order valence-electron chi connectivity index (χ1n) is 6.37. The van der Waals surface area contributed by atoms with E-state index in [4.69, 9.17) is 0 Å². The molecule has 0 aromatic heterocycles. The van der Waals surface area contributed by atoms with E-state index in [1.54, 1.807) is 0 Å². The zero-order valence-corrected chi connectivity index (χ0v) is 9.44. The number of β-amino-alcohol motifs (C(OH)–C–C–N with tert-alkyl or cyclic N) is 1. The number of piperidine rings is 1. The van der Waals surface area contributed by atoms with E-state index in [0.717, 1.165) is 45.2 Å². The van der Waals surface area contributed by atoms with Crippen LogP contribution in [-0.2, 0) is 0 Å². The highest BCUT2D eigenvalue weighted by Crippen LogP contribution is 2.25. The number of rotatable bonds is 1. The fourth-order valence-electron chi connectivity index (χ4n) is 2.98. The normalized spacial score (nSPS) is 40.0. The van der Waals surface area contributed by atoms with Gasteiger partial charge in [-0.05, 0) is 32.2 Å². The number of hydrogen-bond acceptors (Lipinski definition) is 3. The average molecular weight is 213 g/mol. The van der Waals surface area contributed by atoms with Gasteiger partial charge < -0.3 is 10.2 Å². The summed E-state index contributed by atoms with van der Waals surface area (Å²) < 4.78 is 0. The Morgan fingerprint density at radius 2 is 1.67 bits per heavy atom. The molecule has 3 heteroatoms. The van der Waals surface area contributed by atoms with E-state index in [-0.39, 0.29) is 12.2 Å². The van der Waals surface area contributed by atoms with Gasteiger partial charge in [-0.25, -0.2) is 0 Å². The molecule has 1 saturated carbocycles. The predicted octanol–water partition coefficient (Wildman–Crippen LogP) is 1.14. The van der Waals surface area contributed by atoms with E-state index in [1.165, 1.54) is 12.8 Å². The predicted molar refractivity (Wildman–Crippen MR) is 59.7 cm³/mol. The van der Waals surface area contributed by atoms with Gasteiger partial charge in [-0.1, -0.05) is 19.3 Å². The number of aliphatic hydroxyl groups is 2. The van der Waals surface area contributed by atoms with Gasteiger partial charge in [-0.2, -0.15) is 0 Å². The minimum absolute atomic E-state index is 0.169. The minimum atomic E-state index is -0.172. The summed E-state index contributed by atoms with van der Waals surface area (Å²) in [6.07, 6.45) is 7.35. The third-order valence-corrected chi connectivity index (χ3v) is 3.84. The van der Waals surface area contributed by atoms with Crippen LogP contribution < -0.4 is 0 Å². The molecule has 2 N–H and O–H groups in total. The molecule has 0 bridgehead atoms. The van der Waals surface area contributed by atoms with Gasteiger partial charge in [0, 0.05) is 12.6 Å². The van der Waals surface area contributed by atoms with Crippen LogP contribution >= 0.6 is 0 Å². The summed E-state index contributed by atoms with van der Waals surface area (Å²) in [4.78, 5) is 2.31. The Labute approximate surface area is 92.1 Å². The first kappa shape index (κ1) is 11.4. The molecular weight excluding hydrogens is 190 g/mol. The molecule has 2 fully saturated rings. The van der Waals surface area contributed by atoms with Gasteiger partial charge in [0.05, 0.1) is 12.2 Å². The number of hydrogen-bond donors (Lipinski definition) is 2. The molecule has 0 radical (unpaired) electrons. The first-order chi connectivity index (χ1) is 7.27. The van der Waals surface area contributed by atoms with Crippen LogP contribution in [-0.4, -0.2) is 46.5 Å². The van der Waals surface area contributed by atoms with Gasteiger partial charge in [-0.15, -0.1) is 0 Å². The van der Waals surface area contributed by atoms with E-state index in [2.05, 4.69) is 4.90 Å². The summed E-state index contributed by atoms with van der Waals surface area (Å²) in [5.74, 6) is 0. The Balaban J connectivity index is 1.94. The molecule has 1 aliphatic carbocycles. The molecule has 15 heavy (non-hydrogen) atoms. The third kappa shape index (κ3) is 2.92. The highest BCUT2D eigenvalue weighted by Gasteiger charge is 2.30. The Hall–Kier alpha value is -0.120. The molecule has 2 rings (SSSR count). The molecular formula is C12H23NO2. The van der Waals surface area contributed by atoms with Gasteiger partial charge in [0.15, 0.2) is 0 Å². The first-order valence-corrected chi connectivity index (χ1v) is 6.37. The topological polar surface area (TPSA) is 43.7 Å². The fraction of sp³-hybridized carbons (Fsp3) is 1.00. The van der Waals surface area contributed by atoms with E-state index < -0.39 is 0 Å². The van der Waals surface area contributed by atoms with Crippen molar-refractivity contribution in [3.63, 3.8) is 0 Å². The van der Waals surface area contributed by atoms with Crippen molar-refractivity contribution in [2.24, 2.45) is 0 Å². The largest absolute Gasteiger partial charge is 0.392 e. The van der Waals surface area contributed by atoms with Gasteiger partial charge in [0.1, 0.15) is 0 Å². The molecule has 1 saturated heterocycles. The van der Waals surface area contributed by atoms with Crippen LogP contribution in [0.3, 0.4) is 0 Å². The van der Waals surface area contributed by atoms with Crippen molar-refractivity contribution in [2.45, 2.75) is 63.2 Å². The zero-order chi connectivity index (χ0) is 10.7. The molecule has 3 unspecified atom stereocenters. The van der Waals surface area contributed by atoms with Crippen molar-refractivity contribution in [1.29, 1.82) is 0 Å². The van der Waals surface area contributed by atoms with Crippen molar-refractivity contribution in [3.05, 3.63) is 0 Å². The molecule has 1 heterocycles. The van der Waals surface area contributed by atoms with Gasteiger partial charge >= 0.3 is 0 Å². The maximum absolute atomic E-state index is 10.1. The van der Waals surface area contributed by atoms with E-state index in [9.17, 15) is 10.2 Å². The Morgan fingerprint density at radius 1 is 0.867 bits per heavy atom. The second kappa shape index (κ2) is 5.28. The molecule has 0 amide bonds. The van der Waals surface area contributed by atoms with Crippen molar-refractivity contribution in [1.82, 2.24) is 4.90 Å². The van der Waals surface area contributed by atoms with Gasteiger partial charge in [0.25, 0.3) is 0 Å². The highest BCUT2D eigenvalue weighted by molar-refractivity contribution is 4.85. The van der Waals surface area contributed by atoms with Gasteiger partial charge in [0.2, 0.25) is 0 Å². The summed E-state index contributed by atoms with van der Waals surface area (Å²) in [6, 6.07) is 0.308. The maximum Gasteiger partial charge on any atom is 0.0695 e. The summed E-state index contributed by atoms with van der Waals surface area (Å²) >= 11 is 0. The lowest BCUT2D eigenvalue weighted by molar-refractivity contribution is -0.00573. The second-order valence-corrected chi connectivity index (χ2v) is 5.06. The van der Waals surface area contributed by atoms with Crippen molar-refractivity contribution >= 4 is 0 Å². The molecule has 3 atom stereocenters. The fourth-order valence-corrected chi connectivity index (χ4v) is 2.98. The van der Waals surface area contributed by atoms with Crippen LogP contribution in [0.25, 0.3) is 0 Å². The lowest BCUT2D eigenvalue weighted by Crippen LogP contribution is -2.49. The SMILES string of the molecule is OC1CCCN(C2CCCCCC2O)C1. The second-order valence-electron chi connectivity index (χ2n) is 5.06. The number of likely N-dealkylation sites (tertiary alicyclic amines) is 1.